The number of nitrogens with zero attached hydrogens (tertiary/aromatic N) is 1. The van der Waals surface area contributed by atoms with Crippen LogP contribution in [0.5, 0.6) is 0 Å². The first-order valence-corrected chi connectivity index (χ1v) is 7.58. The minimum absolute atomic E-state index is 0.175. The molecule has 20 heavy (non-hydrogen) atoms. The van der Waals surface area contributed by atoms with E-state index in [1.807, 2.05) is 4.90 Å². The maximum Gasteiger partial charge on any atom is 0.226 e. The average Bonchev–Trinajstić information content (AvgIpc) is 2.41. The molecule has 3 nitrogen and oxygen atoms in total. The molecular formula is C17H25NO2. The van der Waals surface area contributed by atoms with Crippen molar-refractivity contribution in [3.63, 3.8) is 0 Å². The molecule has 0 aliphatic carbocycles. The Morgan fingerprint density at radius 3 is 2.30 bits per heavy atom. The molecular weight excluding hydrogens is 250 g/mol. The van der Waals surface area contributed by atoms with Crippen LogP contribution in [0.3, 0.4) is 0 Å². The van der Waals surface area contributed by atoms with Crippen molar-refractivity contribution >= 4 is 5.91 Å². The van der Waals surface area contributed by atoms with Crippen LogP contribution in [0.25, 0.3) is 0 Å². The van der Waals surface area contributed by atoms with Crippen molar-refractivity contribution in [3.05, 3.63) is 35.4 Å². The molecule has 0 radical (unpaired) electrons. The van der Waals surface area contributed by atoms with E-state index in [-0.39, 0.29) is 12.0 Å². The van der Waals surface area contributed by atoms with E-state index in [0.29, 0.717) is 38.3 Å². The van der Waals surface area contributed by atoms with Crippen LogP contribution in [0.1, 0.15) is 37.8 Å². The maximum absolute atomic E-state index is 12.2. The third kappa shape index (κ3) is 4.34. The van der Waals surface area contributed by atoms with Crippen LogP contribution in [0.15, 0.2) is 24.3 Å². The number of hydrogen-bond donors (Lipinski definition) is 1. The van der Waals surface area contributed by atoms with E-state index in [4.69, 9.17) is 0 Å². The molecule has 0 unspecified atom stereocenters. The molecule has 2 rings (SSSR count). The minimum Gasteiger partial charge on any atom is -0.393 e. The lowest BCUT2D eigenvalue weighted by molar-refractivity contribution is -0.132. The first kappa shape index (κ1) is 15.0. The molecule has 110 valence electrons. The van der Waals surface area contributed by atoms with Gasteiger partial charge in [0.25, 0.3) is 0 Å². The van der Waals surface area contributed by atoms with E-state index >= 15 is 0 Å². The predicted octanol–water partition coefficient (Wildman–Crippen LogP) is 2.41. The Morgan fingerprint density at radius 2 is 1.75 bits per heavy atom. The number of amides is 1. The summed E-state index contributed by atoms with van der Waals surface area (Å²) in [4.78, 5) is 14.1. The van der Waals surface area contributed by atoms with E-state index in [1.165, 1.54) is 5.56 Å². The van der Waals surface area contributed by atoms with Gasteiger partial charge in [-0.15, -0.1) is 0 Å². The van der Waals surface area contributed by atoms with Crippen LogP contribution >= 0.6 is 0 Å². The molecule has 1 aliphatic rings. The van der Waals surface area contributed by atoms with Gasteiger partial charge in [-0.1, -0.05) is 38.1 Å². The van der Waals surface area contributed by atoms with Crippen molar-refractivity contribution in [2.24, 2.45) is 5.92 Å². The molecule has 1 aromatic rings. The Labute approximate surface area is 121 Å². The number of aliphatic hydroxyl groups excluding tert-OH is 1. The van der Waals surface area contributed by atoms with Gasteiger partial charge in [0.15, 0.2) is 0 Å². The van der Waals surface area contributed by atoms with Crippen LogP contribution in [0.4, 0.5) is 0 Å². The summed E-state index contributed by atoms with van der Waals surface area (Å²) in [6, 6.07) is 8.38. The topological polar surface area (TPSA) is 40.5 Å². The highest BCUT2D eigenvalue weighted by Crippen LogP contribution is 2.14. The van der Waals surface area contributed by atoms with Gasteiger partial charge in [0.05, 0.1) is 12.5 Å². The number of piperidine rings is 1. The Kier molecular flexibility index (Phi) is 5.18. The molecule has 0 aromatic heterocycles. The van der Waals surface area contributed by atoms with E-state index in [1.54, 1.807) is 0 Å². The van der Waals surface area contributed by atoms with E-state index < -0.39 is 0 Å². The second kappa shape index (κ2) is 6.89. The summed E-state index contributed by atoms with van der Waals surface area (Å²) in [6.07, 6.45) is 2.74. The third-order valence-electron chi connectivity index (χ3n) is 3.84. The second-order valence-corrected chi connectivity index (χ2v) is 6.20. The highest BCUT2D eigenvalue weighted by Gasteiger charge is 2.21. The van der Waals surface area contributed by atoms with Crippen molar-refractivity contribution in [1.29, 1.82) is 0 Å². The molecule has 0 saturated carbocycles. The lowest BCUT2D eigenvalue weighted by Crippen LogP contribution is -2.40. The number of rotatable bonds is 4. The van der Waals surface area contributed by atoms with E-state index in [0.717, 1.165) is 12.0 Å². The smallest absolute Gasteiger partial charge is 0.226 e. The maximum atomic E-state index is 12.2. The lowest BCUT2D eigenvalue weighted by Gasteiger charge is -2.29. The summed E-state index contributed by atoms with van der Waals surface area (Å²) in [5.74, 6) is 0.829. The Morgan fingerprint density at radius 1 is 1.20 bits per heavy atom. The number of aliphatic hydroxyl groups is 1. The number of likely N-dealkylation sites (tertiary alicyclic amines) is 1. The Hall–Kier alpha value is -1.35. The number of carbonyl (C=O) groups is 1. The van der Waals surface area contributed by atoms with Gasteiger partial charge < -0.3 is 10.0 Å². The predicted molar refractivity (Wildman–Crippen MR) is 80.5 cm³/mol. The Balaban J connectivity index is 1.88. The number of hydrogen-bond acceptors (Lipinski definition) is 2. The molecule has 1 N–H and O–H groups in total. The van der Waals surface area contributed by atoms with Crippen LogP contribution in [-0.4, -0.2) is 35.1 Å². The summed E-state index contributed by atoms with van der Waals surface area (Å²) >= 11 is 0. The molecule has 1 fully saturated rings. The monoisotopic (exact) mass is 275 g/mol. The van der Waals surface area contributed by atoms with Crippen LogP contribution in [-0.2, 0) is 17.6 Å². The molecule has 0 spiro atoms. The number of benzene rings is 1. The van der Waals surface area contributed by atoms with Gasteiger partial charge in [-0.2, -0.15) is 0 Å². The van der Waals surface area contributed by atoms with Gasteiger partial charge in [0.1, 0.15) is 0 Å². The first-order valence-electron chi connectivity index (χ1n) is 7.58. The molecule has 0 bridgehead atoms. The molecule has 0 atom stereocenters. The van der Waals surface area contributed by atoms with Crippen LogP contribution < -0.4 is 0 Å². The SMILES string of the molecule is CC(C)Cc1ccc(CC(=O)N2CCC(O)CC2)cc1. The van der Waals surface area contributed by atoms with Crippen molar-refractivity contribution in [2.75, 3.05) is 13.1 Å². The fraction of sp³-hybridized carbons (Fsp3) is 0.588. The first-order chi connectivity index (χ1) is 9.54. The van der Waals surface area contributed by atoms with E-state index in [2.05, 4.69) is 38.1 Å². The standard InChI is InChI=1S/C17H25NO2/c1-13(2)11-14-3-5-15(6-4-14)12-17(20)18-9-7-16(19)8-10-18/h3-6,13,16,19H,7-12H2,1-2H3. The Bertz CT molecular complexity index is 431. The minimum atomic E-state index is -0.227. The van der Waals surface area contributed by atoms with Crippen molar-refractivity contribution in [2.45, 2.75) is 45.6 Å². The van der Waals surface area contributed by atoms with Gasteiger partial charge >= 0.3 is 0 Å². The van der Waals surface area contributed by atoms with Crippen LogP contribution in [0.2, 0.25) is 0 Å². The highest BCUT2D eigenvalue weighted by molar-refractivity contribution is 5.78. The lowest BCUT2D eigenvalue weighted by atomic mass is 10.0. The van der Waals surface area contributed by atoms with E-state index in [9.17, 15) is 9.90 Å². The van der Waals surface area contributed by atoms with Crippen molar-refractivity contribution < 1.29 is 9.90 Å². The van der Waals surface area contributed by atoms with Gasteiger partial charge in [0, 0.05) is 13.1 Å². The van der Waals surface area contributed by atoms with Crippen molar-refractivity contribution in [1.82, 2.24) is 4.90 Å². The molecule has 1 heterocycles. The fourth-order valence-corrected chi connectivity index (χ4v) is 2.67. The zero-order valence-electron chi connectivity index (χ0n) is 12.5. The molecule has 1 amide bonds. The van der Waals surface area contributed by atoms with Gasteiger partial charge in [0.2, 0.25) is 5.91 Å². The third-order valence-corrected chi connectivity index (χ3v) is 3.84. The normalized spacial score (nSPS) is 16.7. The largest absolute Gasteiger partial charge is 0.393 e. The van der Waals surface area contributed by atoms with Gasteiger partial charge in [-0.05, 0) is 36.3 Å². The van der Waals surface area contributed by atoms with Crippen molar-refractivity contribution in [3.8, 4) is 0 Å². The quantitative estimate of drug-likeness (QED) is 0.916. The van der Waals surface area contributed by atoms with Gasteiger partial charge in [-0.3, -0.25) is 4.79 Å². The molecule has 1 aromatic carbocycles. The number of carbonyl (C=O) groups excluding carboxylic acids is 1. The summed E-state index contributed by atoms with van der Waals surface area (Å²) in [7, 11) is 0. The fourth-order valence-electron chi connectivity index (χ4n) is 2.67. The van der Waals surface area contributed by atoms with Gasteiger partial charge in [-0.25, -0.2) is 0 Å². The zero-order chi connectivity index (χ0) is 14.5. The molecule has 1 saturated heterocycles. The zero-order valence-corrected chi connectivity index (χ0v) is 12.5. The molecule has 1 aliphatic heterocycles. The van der Waals surface area contributed by atoms with Crippen LogP contribution in [0, 0.1) is 5.92 Å². The second-order valence-electron chi connectivity index (χ2n) is 6.20. The summed E-state index contributed by atoms with van der Waals surface area (Å²) < 4.78 is 0. The summed E-state index contributed by atoms with van der Waals surface area (Å²) in [6.45, 7) is 5.79. The summed E-state index contributed by atoms with van der Waals surface area (Å²) in [5.41, 5.74) is 2.41. The molecule has 3 heteroatoms. The highest BCUT2D eigenvalue weighted by atomic mass is 16.3. The summed E-state index contributed by atoms with van der Waals surface area (Å²) in [5, 5.41) is 9.46. The average molecular weight is 275 g/mol.